The number of ether oxygens (including phenoxy) is 4. The Morgan fingerprint density at radius 2 is 0.680 bits per heavy atom. The minimum Gasteiger partial charge on any atom is -0.444 e. The van der Waals surface area contributed by atoms with E-state index >= 15 is 0 Å². The van der Waals surface area contributed by atoms with E-state index in [-0.39, 0.29) is 37.0 Å². The number of hydrogen-bond donors (Lipinski definition) is 10. The van der Waals surface area contributed by atoms with Gasteiger partial charge in [0.2, 0.25) is 29.1 Å². The van der Waals surface area contributed by atoms with Crippen molar-refractivity contribution in [2.24, 2.45) is 5.73 Å². The number of hydrogen-bond acceptors (Lipinski definition) is 23. The third-order valence-electron chi connectivity index (χ3n) is 13.9. The molecule has 12 N–H and O–H groups in total. The zero-order valence-corrected chi connectivity index (χ0v) is 74.9. The molecule has 0 bridgehead atoms. The molecular formula is C84H102BBrClN15NiO16S3. The molecule has 0 aliphatic carbocycles. The SMILES string of the molecule is C.CC(C)(C)OC(=O)Nc1cccc(-c2ccc(CN)cc2)n1.CC(C)(C)OC(=O)Nc1cccc(-c2ccc(CNS(C)(=O)=O)cc2)n1.CC(C)(C)OC(=O)Nc1cccc(Br)n1.CS(=O)(=O)Cl.CS(=O)(=O)NCc1ccc(-c2cccc(N)n2)cc1.[C-]#[N+]c1ccc(-c2cccc(NC(=O)OC(C)(C)C)n2)cc1.[C-]#[N+]c1ccc(B(O)O)cc1.[Ni]. The maximum Gasteiger partial charge on any atom is 0.488 e. The molecular weight excluding hydrogens is 1760 g/mol. The molecule has 0 radical (unpaired) electrons. The molecule has 0 aliphatic heterocycles. The Balaban J connectivity index is 0.000000496. The van der Waals surface area contributed by atoms with E-state index in [9.17, 15) is 44.4 Å². The summed E-state index contributed by atoms with van der Waals surface area (Å²) in [6, 6.07) is 62.7. The van der Waals surface area contributed by atoms with Gasteiger partial charge < -0.3 is 40.5 Å². The number of sulfonamides is 2. The molecule has 10 rings (SSSR count). The molecule has 0 aliphatic rings. The van der Waals surface area contributed by atoms with Crippen molar-refractivity contribution in [1.29, 1.82) is 0 Å². The van der Waals surface area contributed by atoms with Gasteiger partial charge >= 0.3 is 31.5 Å². The molecule has 5 aromatic carbocycles. The van der Waals surface area contributed by atoms with Crippen LogP contribution in [-0.2, 0) is 84.2 Å². The quantitative estimate of drug-likeness (QED) is 0.0141. The number of carbonyl (C=O) groups excluding carboxylic acids is 4. The van der Waals surface area contributed by atoms with E-state index in [1.165, 1.54) is 12.1 Å². The van der Waals surface area contributed by atoms with E-state index in [1.807, 2.05) is 142 Å². The minimum absolute atomic E-state index is 0. The second-order valence-electron chi connectivity index (χ2n) is 29.4. The molecule has 38 heteroatoms. The molecule has 0 saturated carbocycles. The number of nitrogens with one attached hydrogen (secondary N) is 6. The molecule has 0 fully saturated rings. The molecule has 0 atom stereocenters. The number of nitrogens with zero attached hydrogens (tertiary/aromatic N) is 7. The van der Waals surface area contributed by atoms with Gasteiger partial charge in [-0.1, -0.05) is 159 Å². The van der Waals surface area contributed by atoms with Crippen LogP contribution in [0.2, 0.25) is 0 Å². The van der Waals surface area contributed by atoms with Crippen LogP contribution in [0.4, 0.5) is 59.6 Å². The first kappa shape index (κ1) is 107. The average molecular weight is 1860 g/mol. The summed E-state index contributed by atoms with van der Waals surface area (Å²) in [5, 5.41) is 27.7. The van der Waals surface area contributed by atoms with Crippen LogP contribution in [0.25, 0.3) is 54.7 Å². The van der Waals surface area contributed by atoms with Crippen LogP contribution in [0, 0.1) is 13.1 Å². The fourth-order valence-corrected chi connectivity index (χ4v) is 10.2. The molecule has 0 saturated heterocycles. The third kappa shape index (κ3) is 47.6. The van der Waals surface area contributed by atoms with Gasteiger partial charge in [-0.15, -0.1) is 0 Å². The molecule has 31 nitrogen and oxygen atoms in total. The number of rotatable bonds is 16. The zero-order chi connectivity index (χ0) is 89.8. The molecule has 0 spiro atoms. The van der Waals surface area contributed by atoms with E-state index in [0.29, 0.717) is 68.5 Å². The topological polar surface area (TPSA) is 445 Å². The summed E-state index contributed by atoms with van der Waals surface area (Å²) >= 11 is 3.21. The molecule has 654 valence electrons. The van der Waals surface area contributed by atoms with Crippen LogP contribution in [0.3, 0.4) is 0 Å². The second-order valence-corrected chi connectivity index (χ2v) is 36.9. The predicted molar refractivity (Wildman–Crippen MR) is 482 cm³/mol. The molecule has 4 amide bonds. The van der Waals surface area contributed by atoms with Crippen LogP contribution in [0.5, 0.6) is 0 Å². The van der Waals surface area contributed by atoms with Crippen molar-refractivity contribution < 1.29 is 89.9 Å². The van der Waals surface area contributed by atoms with Crippen molar-refractivity contribution in [2.75, 3.05) is 45.8 Å². The number of pyridine rings is 5. The van der Waals surface area contributed by atoms with Crippen molar-refractivity contribution in [2.45, 2.75) is 133 Å². The fourth-order valence-electron chi connectivity index (χ4n) is 8.97. The zero-order valence-electron chi connectivity index (χ0n) is 69.1. The summed E-state index contributed by atoms with van der Waals surface area (Å²) in [6.45, 7) is 36.2. The monoisotopic (exact) mass is 1860 g/mol. The van der Waals surface area contributed by atoms with E-state index < -0.39 is 83.0 Å². The fraction of sp³-hybridized carbons (Fsp3) is 0.274. The Kier molecular flexibility index (Phi) is 43.9. The summed E-state index contributed by atoms with van der Waals surface area (Å²) in [4.78, 5) is 74.7. The normalized spacial score (nSPS) is 10.8. The van der Waals surface area contributed by atoms with Crippen molar-refractivity contribution in [3.05, 3.63) is 256 Å². The number of benzene rings is 5. The van der Waals surface area contributed by atoms with Gasteiger partial charge in [-0.3, -0.25) is 21.3 Å². The minimum atomic E-state index is -3.23. The first-order valence-corrected chi connectivity index (χ1v) is 43.4. The smallest absolute Gasteiger partial charge is 0.444 e. The Morgan fingerprint density at radius 1 is 0.426 bits per heavy atom. The van der Waals surface area contributed by atoms with Gasteiger partial charge in [-0.25, -0.2) is 88.5 Å². The standard InChI is InChI=1S/C18H23N3O4S.C17H17N3O2.C17H21N3O2.C13H15N3O2S.C10H13BrN2O2.C7H6BNO2.CH3ClO2S.CH4.Ni/c1-18(2,3)25-17(22)21-16-7-5-6-15(20-16)14-10-8-13(9-11-14)12-19-26(4,23)24;1-17(2,3)22-16(21)20-15-7-5-6-14(19-15)12-8-10-13(18-4)11-9-12;1-17(2,3)22-16(21)20-15-6-4-5-14(19-15)13-9-7-12(11-18)8-10-13;1-19(17,18)15-9-10-5-7-11(8-6-10)12-3-2-4-13(14)16-12;1-10(2,3)15-9(14)13-8-6-4-5-7(11)12-8;1-9-7-4-2-6(3-5-7)8(10)11;1-5(2,3)4;;/h5-11,19H,12H2,1-4H3,(H,20,21,22);5-11H,1-3H3,(H,19,20,21);4-10H,11,18H2,1-3H3,(H,19,20,21);2-8,15H,9H2,1H3,(H2,14,16);4-6H,1-3H3,(H,12,13,14);2-5,10-11H;1H3;1H4;. The van der Waals surface area contributed by atoms with Gasteiger partial charge in [-0.2, -0.15) is 0 Å². The number of nitrogens with two attached hydrogens (primary N) is 2. The summed E-state index contributed by atoms with van der Waals surface area (Å²) < 4.78 is 89.3. The van der Waals surface area contributed by atoms with E-state index in [4.69, 9.17) is 53.6 Å². The van der Waals surface area contributed by atoms with E-state index in [0.717, 1.165) is 69.1 Å². The number of aromatic nitrogens is 5. The number of halogens is 2. The van der Waals surface area contributed by atoms with Gasteiger partial charge in [0.05, 0.1) is 54.7 Å². The predicted octanol–water partition coefficient (Wildman–Crippen LogP) is 16.7. The van der Waals surface area contributed by atoms with Gasteiger partial charge in [-0.05, 0) is 187 Å². The largest absolute Gasteiger partial charge is 0.488 e. The summed E-state index contributed by atoms with van der Waals surface area (Å²) in [5.41, 5.74) is 19.9. The average Bonchev–Trinajstić information content (AvgIpc) is 0.586. The summed E-state index contributed by atoms with van der Waals surface area (Å²) in [7, 11) is -6.54. The maximum absolute atomic E-state index is 11.8. The Labute approximate surface area is 737 Å². The van der Waals surface area contributed by atoms with Crippen LogP contribution in [-0.4, -0.2) is 133 Å². The Morgan fingerprint density at radius 3 is 0.934 bits per heavy atom. The Bertz CT molecular complexity index is 5460. The van der Waals surface area contributed by atoms with Crippen LogP contribution < -0.4 is 47.6 Å². The molecule has 0 unspecified atom stereocenters. The first-order valence-electron chi connectivity index (χ1n) is 36.2. The van der Waals surface area contributed by atoms with Gasteiger partial charge in [0.1, 0.15) is 56.1 Å². The molecule has 5 heterocycles. The first-order chi connectivity index (χ1) is 55.8. The summed E-state index contributed by atoms with van der Waals surface area (Å²) in [5.74, 6) is 2.19. The molecule has 10 aromatic rings. The van der Waals surface area contributed by atoms with E-state index in [1.54, 1.807) is 141 Å². The second kappa shape index (κ2) is 50.2. The van der Waals surface area contributed by atoms with Crippen molar-refractivity contribution in [3.8, 4) is 45.0 Å². The molecule has 5 aromatic heterocycles. The van der Waals surface area contributed by atoms with Gasteiger partial charge in [0, 0.05) is 63.5 Å². The maximum atomic E-state index is 11.8. The van der Waals surface area contributed by atoms with Crippen molar-refractivity contribution in [1.82, 2.24) is 34.4 Å². The van der Waals surface area contributed by atoms with Crippen molar-refractivity contribution in [3.63, 3.8) is 0 Å². The van der Waals surface area contributed by atoms with E-state index in [2.05, 4.69) is 91.9 Å². The van der Waals surface area contributed by atoms with Gasteiger partial charge in [0.15, 0.2) is 11.4 Å². The summed E-state index contributed by atoms with van der Waals surface area (Å²) in [6.07, 6.45) is 1.05. The van der Waals surface area contributed by atoms with Crippen LogP contribution in [0.15, 0.2) is 217 Å². The number of amides is 4. The van der Waals surface area contributed by atoms with Crippen LogP contribution in [0.1, 0.15) is 107 Å². The molecule has 122 heavy (non-hydrogen) atoms. The van der Waals surface area contributed by atoms with Gasteiger partial charge in [0.25, 0.3) is 0 Å². The van der Waals surface area contributed by atoms with Crippen LogP contribution >= 0.6 is 26.6 Å². The number of anilines is 5. The van der Waals surface area contributed by atoms with Crippen molar-refractivity contribution >= 4 is 133 Å². The Hall–Kier alpha value is -11.3. The number of nitrogen functional groups attached to an aromatic ring is 1. The number of carbonyl (C=O) groups is 4. The third-order valence-corrected chi connectivity index (χ3v) is 15.7.